The van der Waals surface area contributed by atoms with Crippen LogP contribution >= 0.6 is 0 Å². The predicted molar refractivity (Wildman–Crippen MR) is 94.9 cm³/mol. The van der Waals surface area contributed by atoms with Crippen molar-refractivity contribution < 1.29 is 4.79 Å². The number of nitrogens with zero attached hydrogens (tertiary/aromatic N) is 2. The topological polar surface area (TPSA) is 49.6 Å². The van der Waals surface area contributed by atoms with Crippen LogP contribution in [0, 0.1) is 13.8 Å². The molecule has 1 aliphatic heterocycles. The third-order valence-corrected chi connectivity index (χ3v) is 4.41. The summed E-state index contributed by atoms with van der Waals surface area (Å²) in [7, 11) is 0. The molecule has 0 radical (unpaired) electrons. The molecule has 0 atom stereocenters. The first-order valence-electron chi connectivity index (χ1n) is 8.01. The van der Waals surface area contributed by atoms with Gasteiger partial charge in [0, 0.05) is 43.1 Å². The van der Waals surface area contributed by atoms with Crippen LogP contribution in [0.1, 0.15) is 21.5 Å². The molecule has 2 aromatic carbocycles. The lowest BCUT2D eigenvalue weighted by Gasteiger charge is -2.37. The first-order chi connectivity index (χ1) is 11.0. The van der Waals surface area contributed by atoms with Gasteiger partial charge >= 0.3 is 0 Å². The quantitative estimate of drug-likeness (QED) is 0.868. The molecule has 120 valence electrons. The van der Waals surface area contributed by atoms with Crippen LogP contribution < -0.4 is 10.6 Å². The summed E-state index contributed by atoms with van der Waals surface area (Å²) >= 11 is 0. The summed E-state index contributed by atoms with van der Waals surface area (Å²) in [4.78, 5) is 16.9. The lowest BCUT2D eigenvalue weighted by Crippen LogP contribution is -2.49. The maximum Gasteiger partial charge on any atom is 0.253 e. The molecule has 0 aliphatic carbocycles. The fraction of sp³-hybridized carbons (Fsp3) is 0.316. The highest BCUT2D eigenvalue weighted by Gasteiger charge is 2.23. The van der Waals surface area contributed by atoms with Gasteiger partial charge in [0.05, 0.1) is 0 Å². The summed E-state index contributed by atoms with van der Waals surface area (Å²) < 4.78 is 0. The summed E-state index contributed by atoms with van der Waals surface area (Å²) in [5.41, 5.74) is 11.0. The second kappa shape index (κ2) is 6.32. The van der Waals surface area contributed by atoms with Gasteiger partial charge in [-0.1, -0.05) is 23.8 Å². The zero-order valence-corrected chi connectivity index (χ0v) is 13.7. The average Bonchev–Trinajstić information content (AvgIpc) is 2.56. The fourth-order valence-electron chi connectivity index (χ4n) is 3.08. The number of nitrogen functional groups attached to an aromatic ring is 1. The Balaban J connectivity index is 1.69. The lowest BCUT2D eigenvalue weighted by molar-refractivity contribution is 0.0746. The molecule has 1 amide bonds. The Bertz CT molecular complexity index is 718. The fourth-order valence-corrected chi connectivity index (χ4v) is 3.08. The number of hydrogen-bond acceptors (Lipinski definition) is 3. The van der Waals surface area contributed by atoms with Gasteiger partial charge in [-0.15, -0.1) is 0 Å². The van der Waals surface area contributed by atoms with E-state index in [0.717, 1.165) is 43.0 Å². The highest BCUT2D eigenvalue weighted by molar-refractivity contribution is 5.94. The van der Waals surface area contributed by atoms with Crippen molar-refractivity contribution in [1.29, 1.82) is 0 Å². The van der Waals surface area contributed by atoms with Crippen LogP contribution in [0.4, 0.5) is 11.4 Å². The third kappa shape index (κ3) is 3.31. The summed E-state index contributed by atoms with van der Waals surface area (Å²) in [5.74, 6) is 0.123. The first kappa shape index (κ1) is 15.4. The Morgan fingerprint density at radius 1 is 1.00 bits per heavy atom. The number of carbonyl (C=O) groups is 1. The van der Waals surface area contributed by atoms with Crippen molar-refractivity contribution in [2.75, 3.05) is 36.8 Å². The van der Waals surface area contributed by atoms with E-state index in [1.54, 1.807) is 0 Å². The van der Waals surface area contributed by atoms with Gasteiger partial charge in [-0.2, -0.15) is 0 Å². The van der Waals surface area contributed by atoms with E-state index in [9.17, 15) is 4.79 Å². The van der Waals surface area contributed by atoms with Gasteiger partial charge in [0.1, 0.15) is 0 Å². The Hall–Kier alpha value is -2.49. The van der Waals surface area contributed by atoms with E-state index in [1.165, 1.54) is 11.3 Å². The van der Waals surface area contributed by atoms with E-state index < -0.39 is 0 Å². The normalized spacial score (nSPS) is 14.9. The van der Waals surface area contributed by atoms with E-state index in [2.05, 4.69) is 17.9 Å². The van der Waals surface area contributed by atoms with Gasteiger partial charge in [0.25, 0.3) is 5.91 Å². The zero-order valence-electron chi connectivity index (χ0n) is 13.7. The number of nitrogens with two attached hydrogens (primary N) is 1. The molecule has 0 unspecified atom stereocenters. The van der Waals surface area contributed by atoms with Gasteiger partial charge in [0.15, 0.2) is 0 Å². The van der Waals surface area contributed by atoms with E-state index in [4.69, 9.17) is 5.73 Å². The van der Waals surface area contributed by atoms with Crippen LogP contribution in [0.3, 0.4) is 0 Å². The molecule has 2 N–H and O–H groups in total. The second-order valence-electron chi connectivity index (χ2n) is 6.19. The minimum atomic E-state index is 0.123. The van der Waals surface area contributed by atoms with Crippen LogP contribution in [0.25, 0.3) is 0 Å². The molecule has 2 aromatic rings. The van der Waals surface area contributed by atoms with E-state index in [1.807, 2.05) is 48.2 Å². The molecule has 4 nitrogen and oxygen atoms in total. The van der Waals surface area contributed by atoms with E-state index in [-0.39, 0.29) is 5.91 Å². The van der Waals surface area contributed by atoms with Gasteiger partial charge < -0.3 is 15.5 Å². The molecule has 1 aliphatic rings. The maximum atomic E-state index is 12.6. The van der Waals surface area contributed by atoms with Crippen molar-refractivity contribution in [3.8, 4) is 0 Å². The number of carbonyl (C=O) groups excluding carboxylic acids is 1. The Kier molecular flexibility index (Phi) is 4.24. The van der Waals surface area contributed by atoms with Gasteiger partial charge in [-0.25, -0.2) is 0 Å². The van der Waals surface area contributed by atoms with Gasteiger partial charge in [-0.05, 0) is 43.7 Å². The number of hydrogen-bond donors (Lipinski definition) is 1. The van der Waals surface area contributed by atoms with Crippen molar-refractivity contribution in [2.24, 2.45) is 0 Å². The molecule has 1 heterocycles. The molecule has 3 rings (SSSR count). The molecule has 1 saturated heterocycles. The number of anilines is 2. The number of aryl methyl sites for hydroxylation is 2. The van der Waals surface area contributed by atoms with Gasteiger partial charge in [-0.3, -0.25) is 4.79 Å². The van der Waals surface area contributed by atoms with E-state index in [0.29, 0.717) is 0 Å². The lowest BCUT2D eigenvalue weighted by atomic mass is 10.1. The van der Waals surface area contributed by atoms with Crippen LogP contribution in [0.15, 0.2) is 42.5 Å². The third-order valence-electron chi connectivity index (χ3n) is 4.41. The van der Waals surface area contributed by atoms with Crippen molar-refractivity contribution in [3.05, 3.63) is 59.2 Å². The minimum Gasteiger partial charge on any atom is -0.399 e. The molecule has 0 spiro atoms. The summed E-state index contributed by atoms with van der Waals surface area (Å²) in [6.07, 6.45) is 0. The standard InChI is InChI=1S/C19H23N3O/c1-14-4-3-5-16(12-14)19(23)22-10-8-21(9-11-22)18-13-17(20)7-6-15(18)2/h3-7,12-13H,8-11,20H2,1-2H3. The number of rotatable bonds is 2. The molecule has 0 bridgehead atoms. The monoisotopic (exact) mass is 309 g/mol. The first-order valence-corrected chi connectivity index (χ1v) is 8.01. The smallest absolute Gasteiger partial charge is 0.253 e. The summed E-state index contributed by atoms with van der Waals surface area (Å²) in [6, 6.07) is 13.8. The highest BCUT2D eigenvalue weighted by atomic mass is 16.2. The number of benzene rings is 2. The Morgan fingerprint density at radius 3 is 2.43 bits per heavy atom. The molecule has 23 heavy (non-hydrogen) atoms. The minimum absolute atomic E-state index is 0.123. The van der Waals surface area contributed by atoms with Crippen LogP contribution in [-0.4, -0.2) is 37.0 Å². The van der Waals surface area contributed by atoms with Crippen LogP contribution in [-0.2, 0) is 0 Å². The molecule has 0 aromatic heterocycles. The van der Waals surface area contributed by atoms with E-state index >= 15 is 0 Å². The summed E-state index contributed by atoms with van der Waals surface area (Å²) in [6.45, 7) is 7.25. The second-order valence-corrected chi connectivity index (χ2v) is 6.19. The van der Waals surface area contributed by atoms with Gasteiger partial charge in [0.2, 0.25) is 0 Å². The van der Waals surface area contributed by atoms with Crippen LogP contribution in [0.2, 0.25) is 0 Å². The molecular weight excluding hydrogens is 286 g/mol. The zero-order chi connectivity index (χ0) is 16.4. The number of piperazine rings is 1. The van der Waals surface area contributed by atoms with Crippen LogP contribution in [0.5, 0.6) is 0 Å². The van der Waals surface area contributed by atoms with Crippen molar-refractivity contribution in [1.82, 2.24) is 4.90 Å². The summed E-state index contributed by atoms with van der Waals surface area (Å²) in [5, 5.41) is 0. The average molecular weight is 309 g/mol. The number of amides is 1. The maximum absolute atomic E-state index is 12.6. The largest absolute Gasteiger partial charge is 0.399 e. The molecule has 4 heteroatoms. The van der Waals surface area contributed by atoms with Crippen molar-refractivity contribution >= 4 is 17.3 Å². The SMILES string of the molecule is Cc1cccc(C(=O)N2CCN(c3cc(N)ccc3C)CC2)c1. The van der Waals surface area contributed by atoms with Crippen molar-refractivity contribution in [3.63, 3.8) is 0 Å². The van der Waals surface area contributed by atoms with Crippen molar-refractivity contribution in [2.45, 2.75) is 13.8 Å². The highest BCUT2D eigenvalue weighted by Crippen LogP contribution is 2.24. The Morgan fingerprint density at radius 2 is 1.74 bits per heavy atom. The molecule has 0 saturated carbocycles. The Labute approximate surface area is 137 Å². The molecule has 1 fully saturated rings. The predicted octanol–water partition coefficient (Wildman–Crippen LogP) is 2.85. The molecular formula is C19H23N3O.